The Morgan fingerprint density at radius 2 is 2.00 bits per heavy atom. The van der Waals surface area contributed by atoms with E-state index in [0.717, 1.165) is 55.2 Å². The van der Waals surface area contributed by atoms with Gasteiger partial charge in [-0.25, -0.2) is 18.9 Å². The van der Waals surface area contributed by atoms with Crippen LogP contribution in [0.2, 0.25) is 0 Å². The number of thiophene rings is 1. The second-order valence-corrected chi connectivity index (χ2v) is 8.76. The summed E-state index contributed by atoms with van der Waals surface area (Å²) in [4.78, 5) is 32.0. The van der Waals surface area contributed by atoms with Gasteiger partial charge in [0.15, 0.2) is 5.65 Å². The Morgan fingerprint density at radius 1 is 1.19 bits per heavy atom. The number of carbonyl (C=O) groups excluding carboxylic acids is 1. The lowest BCUT2D eigenvalue weighted by Gasteiger charge is -2.22. The number of carbonyl (C=O) groups is 1. The minimum atomic E-state index is -0.297. The molecule has 1 saturated carbocycles. The molecule has 8 heteroatoms. The first-order valence-corrected chi connectivity index (χ1v) is 10.7. The minimum absolute atomic E-state index is 0.0369. The zero-order valence-electron chi connectivity index (χ0n) is 15.2. The summed E-state index contributed by atoms with van der Waals surface area (Å²) < 4.78 is 2.76. The molecular weight excluding hydrogens is 362 g/mol. The lowest BCUT2D eigenvalue weighted by Crippen LogP contribution is -2.40. The molecule has 27 heavy (non-hydrogen) atoms. The number of nitrogens with zero attached hydrogens (tertiary/aromatic N) is 4. The van der Waals surface area contributed by atoms with E-state index in [-0.39, 0.29) is 24.2 Å². The Labute approximate surface area is 160 Å². The molecule has 5 rings (SSSR count). The van der Waals surface area contributed by atoms with Crippen molar-refractivity contribution in [2.45, 2.75) is 70.4 Å². The van der Waals surface area contributed by atoms with Crippen molar-refractivity contribution in [2.75, 3.05) is 0 Å². The summed E-state index contributed by atoms with van der Waals surface area (Å²) in [7, 11) is 0. The molecule has 0 aromatic carbocycles. The van der Waals surface area contributed by atoms with Crippen LogP contribution in [0.1, 0.15) is 55.4 Å². The summed E-state index contributed by atoms with van der Waals surface area (Å²) >= 11 is 1.71. The Bertz CT molecular complexity index is 1070. The molecule has 142 valence electrons. The zero-order valence-corrected chi connectivity index (χ0v) is 16.1. The largest absolute Gasteiger partial charge is 0.352 e. The molecule has 0 unspecified atom stereocenters. The van der Waals surface area contributed by atoms with Crippen LogP contribution < -0.4 is 11.0 Å². The van der Waals surface area contributed by atoms with Crippen molar-refractivity contribution in [3.8, 4) is 0 Å². The maximum Gasteiger partial charge on any atom is 0.352 e. The first kappa shape index (κ1) is 16.9. The Morgan fingerprint density at radius 3 is 2.85 bits per heavy atom. The molecule has 2 aliphatic rings. The van der Waals surface area contributed by atoms with E-state index in [1.807, 2.05) is 0 Å². The number of fused-ring (bicyclic) bond motifs is 5. The molecule has 2 aliphatic carbocycles. The number of nitrogens with one attached hydrogen (secondary N) is 1. The first-order valence-electron chi connectivity index (χ1n) is 9.88. The molecule has 0 saturated heterocycles. The van der Waals surface area contributed by atoms with Crippen molar-refractivity contribution in [2.24, 2.45) is 0 Å². The van der Waals surface area contributed by atoms with Crippen LogP contribution in [0.15, 0.2) is 11.1 Å². The highest BCUT2D eigenvalue weighted by Gasteiger charge is 2.22. The van der Waals surface area contributed by atoms with Gasteiger partial charge in [-0.2, -0.15) is 0 Å². The molecule has 1 amide bonds. The molecule has 3 aromatic rings. The first-order chi connectivity index (χ1) is 13.2. The Kier molecular flexibility index (Phi) is 4.22. The molecule has 3 heterocycles. The number of hydrogen-bond donors (Lipinski definition) is 1. The summed E-state index contributed by atoms with van der Waals surface area (Å²) in [5.41, 5.74) is 1.63. The number of amides is 1. The molecule has 7 nitrogen and oxygen atoms in total. The molecule has 0 atom stereocenters. The minimum Gasteiger partial charge on any atom is -0.352 e. The molecule has 3 aromatic heterocycles. The van der Waals surface area contributed by atoms with Crippen LogP contribution in [0.25, 0.3) is 15.9 Å². The van der Waals surface area contributed by atoms with Crippen LogP contribution >= 0.6 is 11.3 Å². The van der Waals surface area contributed by atoms with E-state index < -0.39 is 0 Å². The summed E-state index contributed by atoms with van der Waals surface area (Å²) in [5, 5.41) is 8.59. The van der Waals surface area contributed by atoms with E-state index in [1.165, 1.54) is 32.4 Å². The molecule has 1 N–H and O–H groups in total. The predicted octanol–water partition coefficient (Wildman–Crippen LogP) is 2.43. The van der Waals surface area contributed by atoms with Gasteiger partial charge in [0.2, 0.25) is 5.91 Å². The van der Waals surface area contributed by atoms with Gasteiger partial charge in [-0.05, 0) is 44.1 Å². The van der Waals surface area contributed by atoms with Crippen molar-refractivity contribution in [1.82, 2.24) is 24.5 Å². The smallest absolute Gasteiger partial charge is 0.352 e. The van der Waals surface area contributed by atoms with Crippen LogP contribution in [0, 0.1) is 0 Å². The molecule has 1 fully saturated rings. The molecule has 0 bridgehead atoms. The highest BCUT2D eigenvalue weighted by Crippen LogP contribution is 2.36. The fourth-order valence-electron chi connectivity index (χ4n) is 4.44. The topological polar surface area (TPSA) is 81.3 Å². The normalized spacial score (nSPS) is 18.1. The summed E-state index contributed by atoms with van der Waals surface area (Å²) in [5.74, 6) is -0.135. The van der Waals surface area contributed by atoms with Gasteiger partial charge in [-0.15, -0.1) is 16.4 Å². The lowest BCUT2D eigenvalue weighted by atomic mass is 9.95. The molecule has 0 radical (unpaired) electrons. The van der Waals surface area contributed by atoms with E-state index in [1.54, 1.807) is 17.7 Å². The highest BCUT2D eigenvalue weighted by atomic mass is 32.1. The maximum atomic E-state index is 12.7. The van der Waals surface area contributed by atoms with Crippen LogP contribution in [0.5, 0.6) is 0 Å². The third-order valence-corrected chi connectivity index (χ3v) is 7.00. The van der Waals surface area contributed by atoms with Gasteiger partial charge in [0.1, 0.15) is 17.7 Å². The van der Waals surface area contributed by atoms with E-state index in [4.69, 9.17) is 0 Å². The van der Waals surface area contributed by atoms with Crippen molar-refractivity contribution in [3.05, 3.63) is 27.3 Å². The molecule has 0 spiro atoms. The van der Waals surface area contributed by atoms with Gasteiger partial charge in [-0.1, -0.05) is 19.3 Å². The van der Waals surface area contributed by atoms with E-state index >= 15 is 0 Å². The SMILES string of the molecule is O=C(Cn1nc2c3c4c(sc3ncn2c1=O)CCCC4)NC1CCCCC1. The van der Waals surface area contributed by atoms with Crippen molar-refractivity contribution < 1.29 is 4.79 Å². The molecule has 0 aliphatic heterocycles. The lowest BCUT2D eigenvalue weighted by molar-refractivity contribution is -0.122. The Hall–Kier alpha value is -2.22. The average Bonchev–Trinajstić information content (AvgIpc) is 3.20. The quantitative estimate of drug-likeness (QED) is 0.751. The third-order valence-electron chi connectivity index (χ3n) is 5.80. The Balaban J connectivity index is 1.49. The maximum absolute atomic E-state index is 12.7. The number of rotatable bonds is 3. The number of hydrogen-bond acceptors (Lipinski definition) is 5. The van der Waals surface area contributed by atoms with Crippen molar-refractivity contribution in [1.29, 1.82) is 0 Å². The second kappa shape index (κ2) is 6.74. The van der Waals surface area contributed by atoms with Gasteiger partial charge >= 0.3 is 5.69 Å². The van der Waals surface area contributed by atoms with Gasteiger partial charge in [-0.3, -0.25) is 4.79 Å². The van der Waals surface area contributed by atoms with Gasteiger partial charge in [0, 0.05) is 10.9 Å². The second-order valence-electron chi connectivity index (χ2n) is 7.67. The molecular formula is C19H23N5O2S. The third kappa shape index (κ3) is 2.96. The zero-order chi connectivity index (χ0) is 18.4. The van der Waals surface area contributed by atoms with Crippen molar-refractivity contribution >= 4 is 33.1 Å². The van der Waals surface area contributed by atoms with Gasteiger partial charge in [0.25, 0.3) is 0 Å². The van der Waals surface area contributed by atoms with Gasteiger partial charge < -0.3 is 5.32 Å². The average molecular weight is 385 g/mol. The monoisotopic (exact) mass is 385 g/mol. The summed E-state index contributed by atoms with van der Waals surface area (Å²) in [6.45, 7) is -0.0369. The van der Waals surface area contributed by atoms with Crippen LogP contribution in [-0.2, 0) is 24.2 Å². The fourth-order valence-corrected chi connectivity index (χ4v) is 5.66. The van der Waals surface area contributed by atoms with E-state index in [9.17, 15) is 9.59 Å². The highest BCUT2D eigenvalue weighted by molar-refractivity contribution is 7.19. The van der Waals surface area contributed by atoms with E-state index in [0.29, 0.717) is 5.65 Å². The standard InChI is InChI=1S/C19H23N5O2S/c25-15(21-12-6-2-1-3-7-12)10-24-19(26)23-11-20-18-16(17(23)22-24)13-8-4-5-9-14(13)27-18/h11-12H,1-10H2,(H,21,25). The van der Waals surface area contributed by atoms with Crippen molar-refractivity contribution in [3.63, 3.8) is 0 Å². The predicted molar refractivity (Wildman–Crippen MR) is 104 cm³/mol. The summed E-state index contributed by atoms with van der Waals surface area (Å²) in [6, 6.07) is 0.233. The number of aryl methyl sites for hydroxylation is 2. The number of aromatic nitrogens is 4. The van der Waals surface area contributed by atoms with Crippen LogP contribution in [0.4, 0.5) is 0 Å². The van der Waals surface area contributed by atoms with Gasteiger partial charge in [0.05, 0.1) is 5.39 Å². The van der Waals surface area contributed by atoms with Crippen LogP contribution in [0.3, 0.4) is 0 Å². The van der Waals surface area contributed by atoms with E-state index in [2.05, 4.69) is 15.4 Å². The summed E-state index contributed by atoms with van der Waals surface area (Å²) in [6.07, 6.45) is 11.6. The van der Waals surface area contributed by atoms with Crippen LogP contribution in [-0.4, -0.2) is 31.1 Å². The fraction of sp³-hybridized carbons (Fsp3) is 0.579.